The summed E-state index contributed by atoms with van der Waals surface area (Å²) in [5.41, 5.74) is 6.03. The number of halogens is 6. The van der Waals surface area contributed by atoms with E-state index in [9.17, 15) is 35.9 Å². The van der Waals surface area contributed by atoms with Gasteiger partial charge in [0.25, 0.3) is 5.91 Å². The highest BCUT2D eigenvalue weighted by Gasteiger charge is 2.58. The van der Waals surface area contributed by atoms with E-state index in [1.54, 1.807) is 18.2 Å². The Morgan fingerprint density at radius 1 is 1.03 bits per heavy atom. The van der Waals surface area contributed by atoms with Gasteiger partial charge in [0.1, 0.15) is 17.6 Å². The molecule has 1 atom stereocenters. The maximum absolute atomic E-state index is 14.8. The number of carbonyl (C=O) groups is 2. The van der Waals surface area contributed by atoms with E-state index in [1.165, 1.54) is 23.2 Å². The van der Waals surface area contributed by atoms with E-state index in [2.05, 4.69) is 4.98 Å². The molecule has 0 radical (unpaired) electrons. The summed E-state index contributed by atoms with van der Waals surface area (Å²) in [5, 5.41) is 0. The van der Waals surface area contributed by atoms with Gasteiger partial charge >= 0.3 is 12.1 Å². The fraction of sp³-hybridized carbons (Fsp3) is 0.500. The van der Waals surface area contributed by atoms with Gasteiger partial charge in [-0.2, -0.15) is 22.0 Å². The average molecular weight is 559 g/mol. The topological polar surface area (TPSA) is 88.8 Å². The molecule has 2 saturated heterocycles. The van der Waals surface area contributed by atoms with E-state index in [0.717, 1.165) is 4.90 Å². The lowest BCUT2D eigenvalue weighted by Gasteiger charge is -2.34. The number of piperidine rings is 1. The van der Waals surface area contributed by atoms with Crippen LogP contribution in [0, 0.1) is 11.7 Å². The van der Waals surface area contributed by atoms with Crippen LogP contribution >= 0.6 is 0 Å². The van der Waals surface area contributed by atoms with Gasteiger partial charge in [-0.05, 0) is 69.0 Å². The van der Waals surface area contributed by atoms with Crippen LogP contribution in [0.2, 0.25) is 0 Å². The Balaban J connectivity index is 1.29. The third kappa shape index (κ3) is 6.63. The molecule has 2 aromatic rings. The lowest BCUT2D eigenvalue weighted by Crippen LogP contribution is -2.49. The van der Waals surface area contributed by atoms with Gasteiger partial charge < -0.3 is 15.4 Å². The summed E-state index contributed by atoms with van der Waals surface area (Å²) in [6.07, 6.45) is -2.24. The molecule has 0 saturated carbocycles. The van der Waals surface area contributed by atoms with Crippen molar-refractivity contribution in [2.75, 3.05) is 32.8 Å². The summed E-state index contributed by atoms with van der Waals surface area (Å²) in [6.45, 7) is -0.552. The second-order valence-electron chi connectivity index (χ2n) is 9.87. The largest absolute Gasteiger partial charge is 0.492 e. The zero-order valence-electron chi connectivity index (χ0n) is 20.9. The first-order valence-corrected chi connectivity index (χ1v) is 12.5. The third-order valence-electron chi connectivity index (χ3n) is 7.10. The van der Waals surface area contributed by atoms with Crippen molar-refractivity contribution >= 4 is 11.8 Å². The summed E-state index contributed by atoms with van der Waals surface area (Å²) < 4.78 is 84.4. The Labute approximate surface area is 220 Å². The van der Waals surface area contributed by atoms with Crippen molar-refractivity contribution in [1.29, 1.82) is 0 Å². The van der Waals surface area contributed by atoms with Gasteiger partial charge in [-0.15, -0.1) is 0 Å². The van der Waals surface area contributed by atoms with Gasteiger partial charge in [0.05, 0.1) is 30.6 Å². The lowest BCUT2D eigenvalue weighted by atomic mass is 9.97. The van der Waals surface area contributed by atoms with Crippen LogP contribution in [0.1, 0.15) is 36.0 Å². The molecule has 1 aromatic heterocycles. The molecule has 2 N–H and O–H groups in total. The maximum atomic E-state index is 14.8. The summed E-state index contributed by atoms with van der Waals surface area (Å²) in [5.74, 6) is -6.32. The molecule has 4 rings (SSSR count). The van der Waals surface area contributed by atoms with Crippen LogP contribution in [0.3, 0.4) is 0 Å². The molecule has 2 aliphatic heterocycles. The van der Waals surface area contributed by atoms with Crippen LogP contribution in [-0.2, 0) is 4.79 Å². The van der Waals surface area contributed by atoms with E-state index in [-0.39, 0.29) is 31.2 Å². The highest BCUT2D eigenvalue weighted by atomic mass is 19.4. The van der Waals surface area contributed by atoms with Crippen LogP contribution in [0.25, 0.3) is 11.3 Å². The zero-order chi connectivity index (χ0) is 28.4. The predicted octanol–water partition coefficient (Wildman–Crippen LogP) is 4.27. The number of benzene rings is 1. The SMILES string of the molecule is NC(=O)[C@@H]1CCCN1C(=O)c1ccc(-c2ccc(OCC3CCN(CC(F)(F)C(F)(F)F)CC3)cn2)cc1F. The number of pyridine rings is 1. The zero-order valence-corrected chi connectivity index (χ0v) is 20.9. The first-order chi connectivity index (χ1) is 18.4. The molecule has 0 unspecified atom stereocenters. The number of nitrogens with two attached hydrogens (primary N) is 1. The van der Waals surface area contributed by atoms with Gasteiger partial charge in [0.15, 0.2) is 0 Å². The normalized spacial score (nSPS) is 19.3. The van der Waals surface area contributed by atoms with Crippen molar-refractivity contribution in [3.05, 3.63) is 47.9 Å². The Hall–Kier alpha value is -3.35. The number of amides is 2. The summed E-state index contributed by atoms with van der Waals surface area (Å²) in [4.78, 5) is 31.0. The Morgan fingerprint density at radius 3 is 2.33 bits per heavy atom. The first kappa shape index (κ1) is 28.7. The van der Waals surface area contributed by atoms with Crippen molar-refractivity contribution in [3.63, 3.8) is 0 Å². The predicted molar refractivity (Wildman–Crippen MR) is 129 cm³/mol. The van der Waals surface area contributed by atoms with Gasteiger partial charge in [-0.3, -0.25) is 19.5 Å². The van der Waals surface area contributed by atoms with Gasteiger partial charge in [0.2, 0.25) is 5.91 Å². The minimum Gasteiger partial charge on any atom is -0.492 e. The van der Waals surface area contributed by atoms with Crippen molar-refractivity contribution in [2.24, 2.45) is 11.7 Å². The summed E-state index contributed by atoms with van der Waals surface area (Å²) in [7, 11) is 0. The number of hydrogen-bond acceptors (Lipinski definition) is 5. The van der Waals surface area contributed by atoms with Crippen molar-refractivity contribution in [3.8, 4) is 17.0 Å². The van der Waals surface area contributed by atoms with Gasteiger partial charge in [-0.25, -0.2) is 4.39 Å². The van der Waals surface area contributed by atoms with Crippen LogP contribution in [0.5, 0.6) is 5.75 Å². The molecule has 39 heavy (non-hydrogen) atoms. The minimum atomic E-state index is -5.57. The minimum absolute atomic E-state index is 0.00983. The number of carbonyl (C=O) groups excluding carboxylic acids is 2. The van der Waals surface area contributed by atoms with Crippen molar-refractivity contribution < 1.29 is 40.7 Å². The second-order valence-corrected chi connectivity index (χ2v) is 9.87. The second kappa shape index (κ2) is 11.4. The van der Waals surface area contributed by atoms with Crippen molar-refractivity contribution in [1.82, 2.24) is 14.8 Å². The molecule has 2 aliphatic rings. The Bertz CT molecular complexity index is 1180. The first-order valence-electron chi connectivity index (χ1n) is 12.5. The molecule has 7 nitrogen and oxygen atoms in total. The molecule has 3 heterocycles. The number of aromatic nitrogens is 1. The molecule has 13 heteroatoms. The number of alkyl halides is 5. The lowest BCUT2D eigenvalue weighted by molar-refractivity contribution is -0.287. The van der Waals surface area contributed by atoms with E-state index in [4.69, 9.17) is 10.5 Å². The van der Waals surface area contributed by atoms with Crippen molar-refractivity contribution in [2.45, 2.75) is 43.8 Å². The van der Waals surface area contributed by atoms with Gasteiger partial charge in [0, 0.05) is 12.1 Å². The number of rotatable bonds is 8. The molecule has 212 valence electrons. The van der Waals surface area contributed by atoms with Crippen LogP contribution in [0.4, 0.5) is 26.3 Å². The standard InChI is InChI=1S/C26H28F6N4O3/c27-20-12-17(3-5-19(20)24(38)36-9-1-2-22(36)23(33)37)21-6-4-18(13-34-21)39-14-16-7-10-35(11-8-16)15-25(28,29)26(30,31)32/h3-6,12-13,16,22H,1-2,7-11,14-15H2,(H2,33,37)/t22-/m0/s1. The quantitative estimate of drug-likeness (QED) is 0.489. The molecule has 0 bridgehead atoms. The van der Waals surface area contributed by atoms with E-state index >= 15 is 0 Å². The Morgan fingerprint density at radius 2 is 1.74 bits per heavy atom. The van der Waals surface area contributed by atoms with Gasteiger partial charge in [-0.1, -0.05) is 6.07 Å². The third-order valence-corrected chi connectivity index (χ3v) is 7.10. The summed E-state index contributed by atoms with van der Waals surface area (Å²) >= 11 is 0. The molecule has 0 spiro atoms. The molecule has 2 fully saturated rings. The number of primary amides is 1. The smallest absolute Gasteiger partial charge is 0.454 e. The maximum Gasteiger partial charge on any atom is 0.454 e. The molecule has 2 amide bonds. The van der Waals surface area contributed by atoms with Crippen LogP contribution < -0.4 is 10.5 Å². The number of hydrogen-bond donors (Lipinski definition) is 1. The monoisotopic (exact) mass is 558 g/mol. The molecular weight excluding hydrogens is 530 g/mol. The molecule has 1 aromatic carbocycles. The molecular formula is C26H28F6N4O3. The van der Waals surface area contributed by atoms with E-state index in [0.29, 0.717) is 49.2 Å². The highest BCUT2D eigenvalue weighted by Crippen LogP contribution is 2.36. The summed E-state index contributed by atoms with van der Waals surface area (Å²) in [6, 6.07) is 6.55. The fourth-order valence-corrected chi connectivity index (χ4v) is 4.84. The number of ether oxygens (including phenoxy) is 1. The average Bonchev–Trinajstić information content (AvgIpc) is 3.38. The van der Waals surface area contributed by atoms with E-state index in [1.807, 2.05) is 0 Å². The number of nitrogens with zero attached hydrogens (tertiary/aromatic N) is 3. The number of likely N-dealkylation sites (tertiary alicyclic amines) is 2. The van der Waals surface area contributed by atoms with Crippen LogP contribution in [-0.4, -0.2) is 77.5 Å². The van der Waals surface area contributed by atoms with Crippen LogP contribution in [0.15, 0.2) is 36.5 Å². The fourth-order valence-electron chi connectivity index (χ4n) is 4.84. The highest BCUT2D eigenvalue weighted by molar-refractivity contribution is 5.98. The molecule has 0 aliphatic carbocycles. The van der Waals surface area contributed by atoms with E-state index < -0.39 is 42.3 Å². The Kier molecular flexibility index (Phi) is 8.38.